The Morgan fingerprint density at radius 3 is 2.52 bits per heavy atom. The lowest BCUT2D eigenvalue weighted by atomic mass is 10.1. The third kappa shape index (κ3) is 2.70. The fraction of sp³-hybridized carbons (Fsp3) is 0.0833. The zero-order valence-electron chi connectivity index (χ0n) is 16.6. The Kier molecular flexibility index (Phi) is 4.10. The van der Waals surface area contributed by atoms with Gasteiger partial charge in [-0.2, -0.15) is 5.10 Å². The van der Waals surface area contributed by atoms with E-state index in [9.17, 15) is 0 Å². The summed E-state index contributed by atoms with van der Waals surface area (Å²) in [6, 6.07) is 23.9. The van der Waals surface area contributed by atoms with Gasteiger partial charge in [0.15, 0.2) is 0 Å². The monoisotopic (exact) mass is 445 g/mol. The minimum Gasteiger partial charge on any atom is -0.360 e. The molecular weight excluding hydrogens is 429 g/mol. The Labute approximate surface area is 188 Å². The van der Waals surface area contributed by atoms with Crippen LogP contribution >= 0.6 is 23.2 Å². The van der Waals surface area contributed by atoms with Crippen LogP contribution in [0.1, 0.15) is 17.4 Å². The summed E-state index contributed by atoms with van der Waals surface area (Å²) in [7, 11) is 0. The first-order valence-corrected chi connectivity index (χ1v) is 10.7. The fourth-order valence-corrected chi connectivity index (χ4v) is 4.90. The number of nitrogens with one attached hydrogen (secondary N) is 1. The number of anilines is 1. The summed E-state index contributed by atoms with van der Waals surface area (Å²) >= 11 is 13.4. The van der Waals surface area contributed by atoms with Crippen molar-refractivity contribution in [1.82, 2.24) is 19.3 Å². The van der Waals surface area contributed by atoms with Crippen molar-refractivity contribution in [3.63, 3.8) is 0 Å². The van der Waals surface area contributed by atoms with Gasteiger partial charge in [-0.05, 0) is 43.3 Å². The molecule has 0 radical (unpaired) electrons. The molecule has 0 spiro atoms. The topological polar surface area (TPSA) is 47.7 Å². The molecule has 1 aliphatic heterocycles. The van der Waals surface area contributed by atoms with Gasteiger partial charge >= 0.3 is 0 Å². The Morgan fingerprint density at radius 1 is 0.903 bits per heavy atom. The van der Waals surface area contributed by atoms with Gasteiger partial charge in [-0.3, -0.25) is 4.57 Å². The second kappa shape index (κ2) is 6.87. The number of imidazole rings is 1. The molecule has 1 N–H and O–H groups in total. The molecule has 3 aromatic carbocycles. The summed E-state index contributed by atoms with van der Waals surface area (Å²) in [5.41, 5.74) is 6.50. The number of hydrogen-bond donors (Lipinski definition) is 1. The van der Waals surface area contributed by atoms with Gasteiger partial charge in [-0.25, -0.2) is 9.67 Å². The van der Waals surface area contributed by atoms with E-state index < -0.39 is 0 Å². The van der Waals surface area contributed by atoms with Gasteiger partial charge in [0.05, 0.1) is 33.0 Å². The molecule has 0 amide bonds. The molecule has 5 aromatic rings. The summed E-state index contributed by atoms with van der Waals surface area (Å²) in [5.74, 6) is 0.904. The van der Waals surface area contributed by atoms with Gasteiger partial charge in [0.25, 0.3) is 0 Å². The molecule has 1 atom stereocenters. The van der Waals surface area contributed by atoms with Gasteiger partial charge in [0, 0.05) is 11.3 Å². The zero-order valence-corrected chi connectivity index (χ0v) is 18.1. The van der Waals surface area contributed by atoms with E-state index in [0.717, 1.165) is 45.1 Å². The molecule has 0 aliphatic carbocycles. The highest BCUT2D eigenvalue weighted by molar-refractivity contribution is 6.33. The molecule has 0 unspecified atom stereocenters. The highest BCUT2D eigenvalue weighted by Gasteiger charge is 2.32. The minimum atomic E-state index is -0.263. The molecule has 0 fully saturated rings. The molecule has 0 saturated heterocycles. The number of para-hydroxylation sites is 4. The van der Waals surface area contributed by atoms with Gasteiger partial charge in [-0.15, -0.1) is 0 Å². The molecule has 5 nitrogen and oxygen atoms in total. The second-order valence-corrected chi connectivity index (χ2v) is 8.30. The molecule has 31 heavy (non-hydrogen) atoms. The van der Waals surface area contributed by atoms with Crippen molar-refractivity contribution in [2.24, 2.45) is 0 Å². The number of hydrogen-bond acceptors (Lipinski definition) is 3. The number of benzene rings is 3. The third-order valence-corrected chi connectivity index (χ3v) is 6.40. The molecular formula is C24H17Cl2N5. The van der Waals surface area contributed by atoms with Crippen LogP contribution in [0, 0.1) is 6.92 Å². The summed E-state index contributed by atoms with van der Waals surface area (Å²) < 4.78 is 3.90. The van der Waals surface area contributed by atoms with E-state index in [2.05, 4.69) is 28.1 Å². The molecule has 0 saturated carbocycles. The Hall–Kier alpha value is -3.28. The van der Waals surface area contributed by atoms with Crippen molar-refractivity contribution in [3.8, 4) is 17.1 Å². The molecule has 2 aromatic heterocycles. The summed E-state index contributed by atoms with van der Waals surface area (Å²) in [5, 5.41) is 9.51. The highest BCUT2D eigenvalue weighted by Crippen LogP contribution is 2.43. The minimum absolute atomic E-state index is 0.263. The normalized spacial score (nSPS) is 14.9. The average Bonchev–Trinajstić information content (AvgIpc) is 3.31. The molecule has 7 heteroatoms. The average molecular weight is 446 g/mol. The zero-order chi connectivity index (χ0) is 21.1. The van der Waals surface area contributed by atoms with Crippen LogP contribution in [0.3, 0.4) is 0 Å². The van der Waals surface area contributed by atoms with Crippen LogP contribution in [0.5, 0.6) is 0 Å². The number of aryl methyl sites for hydroxylation is 1. The van der Waals surface area contributed by atoms with Crippen molar-refractivity contribution in [1.29, 1.82) is 0 Å². The maximum absolute atomic E-state index is 6.95. The Morgan fingerprint density at radius 2 is 1.65 bits per heavy atom. The fourth-order valence-electron chi connectivity index (χ4n) is 4.32. The van der Waals surface area contributed by atoms with E-state index >= 15 is 0 Å². The van der Waals surface area contributed by atoms with Crippen LogP contribution in [0.4, 0.5) is 5.69 Å². The maximum Gasteiger partial charge on any atom is 0.145 e. The lowest BCUT2D eigenvalue weighted by Crippen LogP contribution is -2.25. The van der Waals surface area contributed by atoms with Crippen LogP contribution in [0.15, 0.2) is 72.8 Å². The smallest absolute Gasteiger partial charge is 0.145 e. The molecule has 3 heterocycles. The number of fused-ring (bicyclic) bond motifs is 5. The van der Waals surface area contributed by atoms with Crippen molar-refractivity contribution in [2.75, 3.05) is 5.32 Å². The molecule has 1 aliphatic rings. The first kappa shape index (κ1) is 18.5. The van der Waals surface area contributed by atoms with Crippen molar-refractivity contribution < 1.29 is 0 Å². The lowest BCUT2D eigenvalue weighted by Gasteiger charge is -2.30. The predicted molar refractivity (Wildman–Crippen MR) is 125 cm³/mol. The van der Waals surface area contributed by atoms with E-state index in [0.29, 0.717) is 10.2 Å². The molecule has 152 valence electrons. The number of rotatable bonds is 2. The first-order valence-electron chi connectivity index (χ1n) is 9.96. The highest BCUT2D eigenvalue weighted by atomic mass is 35.5. The number of aromatic nitrogens is 4. The molecule has 6 rings (SSSR count). The van der Waals surface area contributed by atoms with Crippen molar-refractivity contribution in [2.45, 2.75) is 13.1 Å². The second-order valence-electron chi connectivity index (χ2n) is 7.54. The van der Waals surface area contributed by atoms with Crippen LogP contribution in [-0.4, -0.2) is 19.3 Å². The SMILES string of the molecule is Cc1nn(-c2ccccc2Cl)c(Cl)c1[C@@H]1Nc2ccccc2-c2nc3ccccc3n21. The van der Waals surface area contributed by atoms with Crippen LogP contribution in [-0.2, 0) is 0 Å². The predicted octanol–water partition coefficient (Wildman–Crippen LogP) is 6.48. The lowest BCUT2D eigenvalue weighted by molar-refractivity contribution is 0.665. The van der Waals surface area contributed by atoms with Crippen LogP contribution < -0.4 is 5.32 Å². The largest absolute Gasteiger partial charge is 0.360 e. The van der Waals surface area contributed by atoms with E-state index in [4.69, 9.17) is 33.3 Å². The van der Waals surface area contributed by atoms with Gasteiger partial charge < -0.3 is 5.32 Å². The van der Waals surface area contributed by atoms with Gasteiger partial charge in [-0.1, -0.05) is 59.6 Å². The standard InChI is InChI=1S/C24H17Cl2N5/c1-14-21(22(26)31(29-14)19-12-6-3-9-16(19)25)24-27-17-10-4-2-8-15(17)23-28-18-11-5-7-13-20(18)30(23)24/h2-13,24,27H,1H3/t24-/m1/s1. The maximum atomic E-state index is 6.95. The summed E-state index contributed by atoms with van der Waals surface area (Å²) in [6.45, 7) is 1.97. The Balaban J connectivity index is 1.62. The van der Waals surface area contributed by atoms with E-state index in [1.54, 1.807) is 4.68 Å². The number of halogens is 2. The van der Waals surface area contributed by atoms with Crippen LogP contribution in [0.2, 0.25) is 10.2 Å². The van der Waals surface area contributed by atoms with E-state index in [1.807, 2.05) is 61.5 Å². The quantitative estimate of drug-likeness (QED) is 0.338. The van der Waals surface area contributed by atoms with E-state index in [-0.39, 0.29) is 6.17 Å². The summed E-state index contributed by atoms with van der Waals surface area (Å²) in [4.78, 5) is 4.94. The summed E-state index contributed by atoms with van der Waals surface area (Å²) in [6.07, 6.45) is -0.263. The number of nitrogens with zero attached hydrogens (tertiary/aromatic N) is 4. The molecule has 0 bridgehead atoms. The van der Waals surface area contributed by atoms with Gasteiger partial charge in [0.1, 0.15) is 17.1 Å². The first-order chi connectivity index (χ1) is 15.1. The Bertz CT molecular complexity index is 1470. The third-order valence-electron chi connectivity index (χ3n) is 5.72. The van der Waals surface area contributed by atoms with Crippen LogP contribution in [0.25, 0.3) is 28.1 Å². The van der Waals surface area contributed by atoms with Gasteiger partial charge in [0.2, 0.25) is 0 Å². The van der Waals surface area contributed by atoms with Crippen molar-refractivity contribution >= 4 is 39.9 Å². The van der Waals surface area contributed by atoms with Crippen molar-refractivity contribution in [3.05, 3.63) is 94.2 Å². The van der Waals surface area contributed by atoms with E-state index in [1.165, 1.54) is 0 Å².